The molecule has 1 heterocycles. The average Bonchev–Trinajstić information content (AvgIpc) is 2.63. The lowest BCUT2D eigenvalue weighted by Crippen LogP contribution is -2.57. The first-order chi connectivity index (χ1) is 8.45. The Hall–Kier alpha value is -0.990. The summed E-state index contributed by atoms with van der Waals surface area (Å²) in [6.07, 6.45) is 6.62. The van der Waals surface area contributed by atoms with Crippen LogP contribution < -0.4 is 0 Å². The molecule has 100 valence electrons. The van der Waals surface area contributed by atoms with Gasteiger partial charge in [-0.25, -0.2) is 4.79 Å². The van der Waals surface area contributed by atoms with Gasteiger partial charge in [-0.3, -0.25) is 0 Å². The fourth-order valence-corrected chi connectivity index (χ4v) is 3.92. The summed E-state index contributed by atoms with van der Waals surface area (Å²) in [6, 6.07) is -0.148. The number of rotatable bonds is 4. The topological polar surface area (TPSA) is 54.4 Å². The van der Waals surface area contributed by atoms with Gasteiger partial charge in [0, 0.05) is 12.8 Å². The molecule has 1 aliphatic heterocycles. The first kappa shape index (κ1) is 15.1. The zero-order valence-electron chi connectivity index (χ0n) is 10.9. The Morgan fingerprint density at radius 3 is 2.67 bits per heavy atom. The summed E-state index contributed by atoms with van der Waals surface area (Å²) in [7, 11) is 0. The van der Waals surface area contributed by atoms with E-state index in [2.05, 4.69) is 5.92 Å². The normalized spacial score (nSPS) is 30.9. The number of unbranched alkanes of at least 4 members (excludes halogenated alkanes) is 1. The van der Waals surface area contributed by atoms with Crippen LogP contribution in [-0.4, -0.2) is 45.2 Å². The molecule has 0 unspecified atom stereocenters. The molecule has 0 spiro atoms. The molecule has 1 rings (SSSR count). The van der Waals surface area contributed by atoms with E-state index in [1.807, 2.05) is 6.92 Å². The van der Waals surface area contributed by atoms with Crippen LogP contribution in [0.4, 0.5) is 4.79 Å². The number of hydrogen-bond donors (Lipinski definition) is 1. The van der Waals surface area contributed by atoms with Crippen molar-refractivity contribution in [1.29, 1.82) is 0 Å². The minimum Gasteiger partial charge on any atom is -0.435 e. The summed E-state index contributed by atoms with van der Waals surface area (Å²) < 4.78 is -0.424. The maximum absolute atomic E-state index is 11.7. The molecule has 0 aliphatic carbocycles. The van der Waals surface area contributed by atoms with Gasteiger partial charge < -0.3 is 5.11 Å². The Labute approximate surface area is 112 Å². The molecular formula is C13H20NO3S+. The van der Waals surface area contributed by atoms with Crippen molar-refractivity contribution in [3.8, 4) is 12.3 Å². The molecule has 18 heavy (non-hydrogen) atoms. The van der Waals surface area contributed by atoms with Crippen LogP contribution in [-0.2, 0) is 4.79 Å². The molecule has 0 radical (unpaired) electrons. The molecule has 3 atom stereocenters. The van der Waals surface area contributed by atoms with Crippen molar-refractivity contribution in [2.24, 2.45) is 0 Å². The number of nitrogens with zero attached hydrogens (tertiary/aromatic N) is 1. The Balaban J connectivity index is 2.62. The number of carbonyl (C=O) groups excluding carboxylic acids is 1. The van der Waals surface area contributed by atoms with E-state index in [-0.39, 0.29) is 17.2 Å². The molecule has 0 aromatic heterocycles. The number of carbonyl (C=O) groups is 2. The van der Waals surface area contributed by atoms with Crippen molar-refractivity contribution in [2.45, 2.75) is 44.4 Å². The molecule has 1 fully saturated rings. The quantitative estimate of drug-likeness (QED) is 0.484. The van der Waals surface area contributed by atoms with E-state index in [0.717, 1.165) is 25.0 Å². The van der Waals surface area contributed by atoms with Crippen molar-refractivity contribution in [2.75, 3.05) is 12.3 Å². The maximum Gasteiger partial charge on any atom is 0.521 e. The second-order valence-electron chi connectivity index (χ2n) is 4.74. The minimum atomic E-state index is -1.03. The maximum atomic E-state index is 11.7. The number of thioether (sulfide) groups is 1. The lowest BCUT2D eigenvalue weighted by Gasteiger charge is -2.28. The monoisotopic (exact) mass is 270 g/mol. The summed E-state index contributed by atoms with van der Waals surface area (Å²) in [5.74, 6) is 3.24. The fraction of sp³-hybridized carbons (Fsp3) is 0.692. The van der Waals surface area contributed by atoms with Crippen LogP contribution in [0.15, 0.2) is 0 Å². The second kappa shape index (κ2) is 6.26. The summed E-state index contributed by atoms with van der Waals surface area (Å²) in [4.78, 5) is 23.1. The van der Waals surface area contributed by atoms with Gasteiger partial charge >= 0.3 is 12.0 Å². The first-order valence-electron chi connectivity index (χ1n) is 6.12. The van der Waals surface area contributed by atoms with Crippen molar-refractivity contribution in [3.63, 3.8) is 0 Å². The Kier molecular flexibility index (Phi) is 5.24. The number of amides is 2. The van der Waals surface area contributed by atoms with Crippen LogP contribution in [0.5, 0.6) is 0 Å². The van der Waals surface area contributed by atoms with Gasteiger partial charge in [0.25, 0.3) is 0 Å². The van der Waals surface area contributed by atoms with Crippen LogP contribution in [0.1, 0.15) is 33.1 Å². The van der Waals surface area contributed by atoms with Crippen LogP contribution in [0.2, 0.25) is 0 Å². The van der Waals surface area contributed by atoms with E-state index in [1.165, 1.54) is 6.92 Å². The number of terminal acetylenes is 1. The largest absolute Gasteiger partial charge is 0.521 e. The van der Waals surface area contributed by atoms with E-state index >= 15 is 0 Å². The number of likely N-dealkylation sites (tertiary alicyclic amines) is 1. The molecule has 4 nitrogen and oxygen atoms in total. The predicted molar refractivity (Wildman–Crippen MR) is 72.2 cm³/mol. The van der Waals surface area contributed by atoms with Crippen molar-refractivity contribution in [1.82, 2.24) is 0 Å². The van der Waals surface area contributed by atoms with Crippen LogP contribution in [0.25, 0.3) is 0 Å². The standard InChI is InChI=1S/C13H19NO3S/c1-4-5-6-7-18-12-8-10(2)14(9-12,11(3)15)13(16)17/h1,10,12H,5-9H2,2-3H3/p+1/t10-,12-,14-/m1/s1. The van der Waals surface area contributed by atoms with Crippen molar-refractivity contribution in [3.05, 3.63) is 0 Å². The zero-order valence-corrected chi connectivity index (χ0v) is 11.7. The number of hydrogen-bond acceptors (Lipinski definition) is 3. The zero-order chi connectivity index (χ0) is 13.8. The summed E-state index contributed by atoms with van der Waals surface area (Å²) in [6.45, 7) is 3.61. The van der Waals surface area contributed by atoms with Gasteiger partial charge in [0.15, 0.2) is 0 Å². The van der Waals surface area contributed by atoms with Gasteiger partial charge in [-0.05, 0) is 19.1 Å². The number of carboxylic acid groups (broad SMARTS) is 1. The molecule has 1 aliphatic rings. The van der Waals surface area contributed by atoms with Crippen LogP contribution in [0.3, 0.4) is 0 Å². The molecule has 1 N–H and O–H groups in total. The van der Waals surface area contributed by atoms with E-state index in [0.29, 0.717) is 6.54 Å². The third-order valence-corrected chi connectivity index (χ3v) is 4.91. The summed E-state index contributed by atoms with van der Waals surface area (Å²) >= 11 is 1.74. The van der Waals surface area contributed by atoms with Gasteiger partial charge in [0.1, 0.15) is 12.6 Å². The first-order valence-corrected chi connectivity index (χ1v) is 7.17. The highest BCUT2D eigenvalue weighted by atomic mass is 32.2. The Morgan fingerprint density at radius 2 is 2.22 bits per heavy atom. The van der Waals surface area contributed by atoms with Crippen LogP contribution >= 0.6 is 11.8 Å². The Bertz CT molecular complexity index is 361. The molecule has 5 heteroatoms. The van der Waals surface area contributed by atoms with Gasteiger partial charge in [0.05, 0.1) is 12.2 Å². The molecule has 0 aromatic carbocycles. The fourth-order valence-electron chi connectivity index (χ4n) is 2.52. The van der Waals surface area contributed by atoms with Crippen molar-refractivity contribution < 1.29 is 19.2 Å². The average molecular weight is 270 g/mol. The third kappa shape index (κ3) is 2.88. The van der Waals surface area contributed by atoms with Crippen LogP contribution in [0, 0.1) is 12.3 Å². The number of imide groups is 1. The smallest absolute Gasteiger partial charge is 0.435 e. The molecule has 0 bridgehead atoms. The van der Waals surface area contributed by atoms with Gasteiger partial charge in [0.2, 0.25) is 0 Å². The van der Waals surface area contributed by atoms with E-state index in [9.17, 15) is 14.7 Å². The van der Waals surface area contributed by atoms with E-state index in [1.54, 1.807) is 11.8 Å². The molecule has 2 amide bonds. The number of quaternary nitrogens is 1. The highest BCUT2D eigenvalue weighted by Crippen LogP contribution is 2.34. The lowest BCUT2D eigenvalue weighted by atomic mass is 10.2. The summed E-state index contributed by atoms with van der Waals surface area (Å²) in [5, 5.41) is 9.58. The van der Waals surface area contributed by atoms with E-state index in [4.69, 9.17) is 6.42 Å². The van der Waals surface area contributed by atoms with E-state index < -0.39 is 10.6 Å². The highest BCUT2D eigenvalue weighted by Gasteiger charge is 2.54. The predicted octanol–water partition coefficient (Wildman–Crippen LogP) is 2.34. The Morgan fingerprint density at radius 1 is 1.56 bits per heavy atom. The minimum absolute atomic E-state index is 0.148. The second-order valence-corrected chi connectivity index (χ2v) is 6.15. The van der Waals surface area contributed by atoms with Gasteiger partial charge in [-0.2, -0.15) is 21.0 Å². The molecule has 1 saturated heterocycles. The van der Waals surface area contributed by atoms with Crippen molar-refractivity contribution >= 4 is 23.8 Å². The van der Waals surface area contributed by atoms with Gasteiger partial charge in [-0.15, -0.1) is 12.3 Å². The third-order valence-electron chi connectivity index (χ3n) is 3.57. The molecule has 0 saturated carbocycles. The molecule has 0 aromatic rings. The lowest BCUT2D eigenvalue weighted by molar-refractivity contribution is -0.791. The highest BCUT2D eigenvalue weighted by molar-refractivity contribution is 7.99. The van der Waals surface area contributed by atoms with Gasteiger partial charge in [-0.1, -0.05) is 0 Å². The SMILES string of the molecule is C#CCCCS[C@@H]1C[C@@H](C)[N@+](C(C)=O)(C(=O)O)C1. The summed E-state index contributed by atoms with van der Waals surface area (Å²) in [5.41, 5.74) is 0. The molecular weight excluding hydrogens is 250 g/mol.